The molecule has 28 rings (SSSR count). The van der Waals surface area contributed by atoms with Gasteiger partial charge >= 0.3 is 0 Å². The number of fused-ring (bicyclic) bond motifs is 15. The van der Waals surface area contributed by atoms with Crippen LogP contribution in [-0.4, -0.2) is 0 Å². The number of hydrogen-bond acceptors (Lipinski definition) is 7. The summed E-state index contributed by atoms with van der Waals surface area (Å²) in [7, 11) is 0. The van der Waals surface area contributed by atoms with Crippen LogP contribution < -0.4 is 14.7 Å². The van der Waals surface area contributed by atoms with Gasteiger partial charge in [-0.3, -0.25) is 0 Å². The number of furan rings is 3. The molecular formula is C138H91N3O3S. The highest BCUT2D eigenvalue weighted by Crippen LogP contribution is 2.51. The van der Waals surface area contributed by atoms with Gasteiger partial charge < -0.3 is 28.0 Å². The van der Waals surface area contributed by atoms with E-state index < -0.39 is 0 Å². The molecule has 0 saturated carbocycles. The molecule has 0 aliphatic rings. The predicted octanol–water partition coefficient (Wildman–Crippen LogP) is 40.3. The fourth-order valence-corrected chi connectivity index (χ4v) is 22.1. The number of benzene rings is 24. The first-order chi connectivity index (χ1) is 71.8. The molecule has 0 amide bonds. The average Bonchev–Trinajstić information content (AvgIpc) is 1.55. The summed E-state index contributed by atoms with van der Waals surface area (Å²) in [4.78, 5) is 6.98. The molecule has 0 bridgehead atoms. The maximum absolute atomic E-state index is 6.58. The smallest absolute Gasteiger partial charge is 0.159 e. The van der Waals surface area contributed by atoms with Crippen LogP contribution in [-0.2, 0) is 0 Å². The lowest BCUT2D eigenvalue weighted by Gasteiger charge is -2.26. The lowest BCUT2D eigenvalue weighted by Crippen LogP contribution is -2.10. The van der Waals surface area contributed by atoms with E-state index in [9.17, 15) is 0 Å². The number of hydrogen-bond donors (Lipinski definition) is 0. The normalized spacial score (nSPS) is 11.4. The van der Waals surface area contributed by atoms with Gasteiger partial charge in [0.2, 0.25) is 0 Å². The van der Waals surface area contributed by atoms with Crippen molar-refractivity contribution in [1.82, 2.24) is 0 Å². The van der Waals surface area contributed by atoms with Gasteiger partial charge in [0.05, 0.1) is 27.4 Å². The van der Waals surface area contributed by atoms with E-state index in [4.69, 9.17) is 13.3 Å². The maximum atomic E-state index is 6.58. The van der Waals surface area contributed by atoms with E-state index in [1.54, 1.807) is 0 Å². The largest absolute Gasteiger partial charge is 0.454 e. The second-order valence-corrected chi connectivity index (χ2v) is 38.0. The summed E-state index contributed by atoms with van der Waals surface area (Å²) in [6, 6.07) is 197. The van der Waals surface area contributed by atoms with Crippen LogP contribution in [0.25, 0.3) is 207 Å². The quantitative estimate of drug-likeness (QED) is 0.0905. The van der Waals surface area contributed by atoms with E-state index in [-0.39, 0.29) is 0 Å². The minimum Gasteiger partial charge on any atom is -0.454 e. The average molecular weight is 1870 g/mol. The summed E-state index contributed by atoms with van der Waals surface area (Å²) in [5, 5.41) is 16.6. The van der Waals surface area contributed by atoms with E-state index in [0.717, 1.165) is 117 Å². The van der Waals surface area contributed by atoms with Gasteiger partial charge in [0.1, 0.15) is 16.7 Å². The van der Waals surface area contributed by atoms with E-state index >= 15 is 0 Å². The van der Waals surface area contributed by atoms with E-state index in [1.165, 1.54) is 142 Å². The van der Waals surface area contributed by atoms with Gasteiger partial charge in [0.15, 0.2) is 16.7 Å². The summed E-state index contributed by atoms with van der Waals surface area (Å²) < 4.78 is 22.3. The van der Waals surface area contributed by atoms with Crippen LogP contribution in [0.5, 0.6) is 0 Å². The molecule has 0 aliphatic carbocycles. The number of thiophene rings is 1. The van der Waals surface area contributed by atoms with Crippen molar-refractivity contribution in [2.75, 3.05) is 14.7 Å². The SMILES string of the molecule is c1ccc(-c2ccc(N(c3ccc(-c4ccc5ccc(-c6ccccc6)cc5c4)cc3)c3cccc4c3oc3ccccc34)cc2)cc1.c1ccc(-c2ccc(N(c3ccc(-c4ccc5ccc(-c6ccccc6)cc5c4)cc3)c3cccc4c3sc3ccccc34)cc2)cc1.c1ccc(-c2ccc3ccc(-c4ccc(N(c5cccc6c5oc5ccccc56)c5cccc6c5oc5ccccc56)cc4)cc3c2)cc1. The molecule has 0 aliphatic heterocycles. The van der Waals surface area contributed by atoms with Gasteiger partial charge in [-0.05, 0) is 267 Å². The molecule has 6 nitrogen and oxygen atoms in total. The summed E-state index contributed by atoms with van der Waals surface area (Å²) in [5.74, 6) is 0. The molecule has 682 valence electrons. The highest BCUT2D eigenvalue weighted by molar-refractivity contribution is 7.26. The Morgan fingerprint density at radius 3 is 0.662 bits per heavy atom. The van der Waals surface area contributed by atoms with Gasteiger partial charge in [-0.25, -0.2) is 0 Å². The number of nitrogens with zero attached hydrogens (tertiary/aromatic N) is 3. The zero-order valence-electron chi connectivity index (χ0n) is 79.0. The zero-order valence-corrected chi connectivity index (χ0v) is 79.8. The first-order valence-electron chi connectivity index (χ1n) is 49.3. The highest BCUT2D eigenvalue weighted by Gasteiger charge is 2.27. The first-order valence-corrected chi connectivity index (χ1v) is 50.1. The van der Waals surface area contributed by atoms with Crippen LogP contribution >= 0.6 is 11.3 Å². The molecule has 0 fully saturated rings. The number of rotatable bonds is 17. The van der Waals surface area contributed by atoms with Crippen LogP contribution in [0.4, 0.5) is 51.2 Å². The predicted molar refractivity (Wildman–Crippen MR) is 614 cm³/mol. The summed E-state index contributed by atoms with van der Waals surface area (Å²) in [6.07, 6.45) is 0. The third-order valence-corrected chi connectivity index (χ3v) is 29.4. The molecule has 4 heterocycles. The third kappa shape index (κ3) is 16.7. The molecule has 0 unspecified atom stereocenters. The topological polar surface area (TPSA) is 49.1 Å². The minimum absolute atomic E-state index is 0.838. The van der Waals surface area contributed by atoms with Gasteiger partial charge in [-0.1, -0.05) is 406 Å². The Labute approximate surface area is 843 Å². The third-order valence-electron chi connectivity index (χ3n) is 28.2. The standard InChI is InChI=1S/C46H29NO2.C46H31NO.C46H31NS/c1-2-10-30(11-3-1)33-22-20-32-21-23-34(29-35(32)28-33)31-24-26-36(27-25-31)47(41-16-8-14-39-37-12-4-6-18-43(37)48-45(39)41)42-17-9-15-40-38-13-5-7-19-44(38)49-46(40)42;2*1-3-10-32(11-4-1)34-22-26-40(27-23-34)47(44-16-9-15-43-42-14-7-8-17-45(42)48-46(43)44)41-28-24-35(25-29-41)38-21-19-36-18-20-37(30-39(36)31-38)33-12-5-2-6-13-33/h1-29H;2*1-31H. The molecule has 4 aromatic heterocycles. The molecule has 0 spiro atoms. The Kier molecular flexibility index (Phi) is 22.5. The van der Waals surface area contributed by atoms with Crippen molar-refractivity contribution >= 4 is 181 Å². The van der Waals surface area contributed by atoms with Gasteiger partial charge in [0.25, 0.3) is 0 Å². The monoisotopic (exact) mass is 1870 g/mol. The molecule has 7 heteroatoms. The molecular weight excluding hydrogens is 1780 g/mol. The van der Waals surface area contributed by atoms with Crippen molar-refractivity contribution in [3.05, 3.63) is 552 Å². The van der Waals surface area contributed by atoms with Crippen molar-refractivity contribution in [2.45, 2.75) is 0 Å². The summed E-state index contributed by atoms with van der Waals surface area (Å²) in [5.41, 5.74) is 34.0. The zero-order chi connectivity index (χ0) is 96.0. The van der Waals surface area contributed by atoms with E-state index in [0.29, 0.717) is 0 Å². The molecule has 0 saturated heterocycles. The molecule has 0 atom stereocenters. The summed E-state index contributed by atoms with van der Waals surface area (Å²) >= 11 is 1.86. The van der Waals surface area contributed by atoms with Crippen LogP contribution in [0, 0.1) is 0 Å². The maximum Gasteiger partial charge on any atom is 0.159 e. The molecule has 24 aromatic carbocycles. The molecule has 145 heavy (non-hydrogen) atoms. The fraction of sp³-hybridized carbons (Fsp3) is 0. The first kappa shape index (κ1) is 86.4. The summed E-state index contributed by atoms with van der Waals surface area (Å²) in [6.45, 7) is 0. The lowest BCUT2D eigenvalue weighted by molar-refractivity contribution is 0.666. The number of para-hydroxylation sites is 6. The van der Waals surface area contributed by atoms with Crippen molar-refractivity contribution in [2.24, 2.45) is 0 Å². The van der Waals surface area contributed by atoms with E-state index in [1.807, 2.05) is 47.7 Å². The van der Waals surface area contributed by atoms with Crippen molar-refractivity contribution in [1.29, 1.82) is 0 Å². The lowest BCUT2D eigenvalue weighted by atomic mass is 9.97. The van der Waals surface area contributed by atoms with Gasteiger partial charge in [0, 0.05) is 76.2 Å². The second-order valence-electron chi connectivity index (χ2n) is 36.9. The van der Waals surface area contributed by atoms with Crippen LogP contribution in [0.3, 0.4) is 0 Å². The Bertz CT molecular complexity index is 9190. The van der Waals surface area contributed by atoms with Crippen LogP contribution in [0.15, 0.2) is 565 Å². The van der Waals surface area contributed by atoms with Crippen molar-refractivity contribution < 1.29 is 13.3 Å². The Balaban J connectivity index is 0.000000111. The Hall–Kier alpha value is -18.9. The van der Waals surface area contributed by atoms with Crippen molar-refractivity contribution in [3.63, 3.8) is 0 Å². The minimum atomic E-state index is 0.838. The highest BCUT2D eigenvalue weighted by atomic mass is 32.1. The number of anilines is 9. The Morgan fingerprint density at radius 1 is 0.138 bits per heavy atom. The fourth-order valence-electron chi connectivity index (χ4n) is 20.9. The van der Waals surface area contributed by atoms with Crippen LogP contribution in [0.2, 0.25) is 0 Å². The molecule has 0 radical (unpaired) electrons. The molecule has 0 N–H and O–H groups in total. The van der Waals surface area contributed by atoms with Gasteiger partial charge in [-0.15, -0.1) is 11.3 Å². The molecule has 28 aromatic rings. The second kappa shape index (κ2) is 37.7. The van der Waals surface area contributed by atoms with Gasteiger partial charge in [-0.2, -0.15) is 0 Å². The Morgan fingerprint density at radius 2 is 0.352 bits per heavy atom. The van der Waals surface area contributed by atoms with E-state index in [2.05, 4.69) is 530 Å². The van der Waals surface area contributed by atoms with Crippen LogP contribution in [0.1, 0.15) is 0 Å². The van der Waals surface area contributed by atoms with Crippen molar-refractivity contribution in [3.8, 4) is 89.0 Å².